The zero-order chi connectivity index (χ0) is 8.48. The van der Waals surface area contributed by atoms with E-state index in [4.69, 9.17) is 0 Å². The Kier molecular flexibility index (Phi) is 0.936. The predicted molar refractivity (Wildman–Crippen MR) is 56.4 cm³/mol. The van der Waals surface area contributed by atoms with Crippen molar-refractivity contribution in [2.75, 3.05) is 0 Å². The van der Waals surface area contributed by atoms with Crippen LogP contribution in [0.5, 0.6) is 0 Å². The van der Waals surface area contributed by atoms with E-state index in [1.807, 2.05) is 0 Å². The lowest BCUT2D eigenvalue weighted by Gasteiger charge is -2.33. The van der Waals surface area contributed by atoms with Gasteiger partial charge in [-0.1, -0.05) is 22.6 Å². The third-order valence-electron chi connectivity index (χ3n) is 6.27. The van der Waals surface area contributed by atoms with E-state index < -0.39 is 0 Å². The van der Waals surface area contributed by atoms with E-state index >= 15 is 0 Å². The van der Waals surface area contributed by atoms with Gasteiger partial charge in [-0.2, -0.15) is 0 Å². The van der Waals surface area contributed by atoms with E-state index in [9.17, 15) is 5.11 Å². The van der Waals surface area contributed by atoms with Crippen LogP contribution in [0, 0.1) is 47.3 Å². The molecule has 6 aliphatic carbocycles. The minimum Gasteiger partial charge on any atom is -0.393 e. The van der Waals surface area contributed by atoms with E-state index in [0.29, 0.717) is 0 Å². The molecule has 6 saturated carbocycles. The summed E-state index contributed by atoms with van der Waals surface area (Å²) < 4.78 is 0.940. The van der Waals surface area contributed by atoms with Gasteiger partial charge in [0.05, 0.1) is 6.10 Å². The Bertz CT molecular complexity index is 283. The van der Waals surface area contributed by atoms with Crippen LogP contribution in [-0.2, 0) is 0 Å². The molecule has 0 amide bonds. The van der Waals surface area contributed by atoms with Crippen LogP contribution in [0.25, 0.3) is 0 Å². The zero-order valence-corrected chi connectivity index (χ0v) is 9.46. The molecule has 0 radical (unpaired) electrons. The molecule has 6 rings (SSSR count). The zero-order valence-electron chi connectivity index (χ0n) is 7.31. The summed E-state index contributed by atoms with van der Waals surface area (Å²) in [5, 5.41) is 10.2. The fraction of sp³-hybridized carbons (Fsp3) is 1.00. The van der Waals surface area contributed by atoms with Crippen LogP contribution in [0.1, 0.15) is 6.42 Å². The molecule has 2 heteroatoms. The lowest BCUT2D eigenvalue weighted by molar-refractivity contribution is 0.116. The number of alkyl halides is 1. The van der Waals surface area contributed by atoms with E-state index in [1.54, 1.807) is 0 Å². The first-order chi connectivity index (χ1) is 6.30. The van der Waals surface area contributed by atoms with Gasteiger partial charge in [-0.15, -0.1) is 0 Å². The molecule has 70 valence electrons. The van der Waals surface area contributed by atoms with Gasteiger partial charge in [0, 0.05) is 3.92 Å². The average molecular weight is 288 g/mol. The third-order valence-corrected chi connectivity index (χ3v) is 7.93. The number of aliphatic hydroxyl groups is 1. The van der Waals surface area contributed by atoms with Crippen molar-refractivity contribution in [2.24, 2.45) is 47.3 Å². The SMILES string of the molecule is O[C@H]1[C@H]2[C@@H]3[C@@H](I)[C@@H]4[C@@H]5C[C@@H]([C@@H]24)[C@H]1[C@H]53. The minimum atomic E-state index is 0.125. The molecule has 1 nitrogen and oxygen atoms in total. The highest BCUT2D eigenvalue weighted by molar-refractivity contribution is 14.1. The molecular weight excluding hydrogens is 275 g/mol. The maximum Gasteiger partial charge on any atom is 0.0608 e. The molecule has 6 aliphatic rings. The molecule has 13 heavy (non-hydrogen) atoms. The summed E-state index contributed by atoms with van der Waals surface area (Å²) >= 11 is 2.70. The summed E-state index contributed by atoms with van der Waals surface area (Å²) in [7, 11) is 0. The van der Waals surface area contributed by atoms with Gasteiger partial charge in [0.25, 0.3) is 0 Å². The fourth-order valence-electron chi connectivity index (χ4n) is 6.52. The fourth-order valence-corrected chi connectivity index (χ4v) is 8.49. The maximum atomic E-state index is 10.2. The van der Waals surface area contributed by atoms with Crippen molar-refractivity contribution in [1.29, 1.82) is 0 Å². The Balaban J connectivity index is 1.86. The lowest BCUT2D eigenvalue weighted by atomic mass is 9.71. The predicted octanol–water partition coefficient (Wildman–Crippen LogP) is 1.54. The molecule has 0 unspecified atom stereocenters. The second-order valence-corrected chi connectivity index (χ2v) is 7.40. The minimum absolute atomic E-state index is 0.125. The average Bonchev–Trinajstić information content (AvgIpc) is 2.78. The number of rotatable bonds is 0. The molecular formula is C11H13IO. The molecule has 0 aromatic rings. The summed E-state index contributed by atoms with van der Waals surface area (Å²) in [5.74, 6) is 7.48. The van der Waals surface area contributed by atoms with Crippen molar-refractivity contribution in [3.05, 3.63) is 0 Å². The molecule has 0 saturated heterocycles. The summed E-state index contributed by atoms with van der Waals surface area (Å²) in [6, 6.07) is 0. The van der Waals surface area contributed by atoms with Crippen LogP contribution in [-0.4, -0.2) is 15.1 Å². The first-order valence-electron chi connectivity index (χ1n) is 5.63. The smallest absolute Gasteiger partial charge is 0.0608 e. The topological polar surface area (TPSA) is 20.2 Å². The first-order valence-corrected chi connectivity index (χ1v) is 6.87. The van der Waals surface area contributed by atoms with E-state index in [1.165, 1.54) is 6.42 Å². The van der Waals surface area contributed by atoms with E-state index in [0.717, 1.165) is 51.3 Å². The van der Waals surface area contributed by atoms with Gasteiger partial charge in [0.15, 0.2) is 0 Å². The lowest BCUT2D eigenvalue weighted by Crippen LogP contribution is -2.30. The summed E-state index contributed by atoms with van der Waals surface area (Å²) in [5.41, 5.74) is 0. The number of aliphatic hydroxyl groups excluding tert-OH is 1. The highest BCUT2D eigenvalue weighted by Crippen LogP contribution is 2.83. The number of hydrogen-bond donors (Lipinski definition) is 1. The Morgan fingerprint density at radius 1 is 0.846 bits per heavy atom. The molecule has 0 aliphatic heterocycles. The van der Waals surface area contributed by atoms with Crippen molar-refractivity contribution < 1.29 is 5.11 Å². The van der Waals surface area contributed by atoms with Crippen LogP contribution in [0.4, 0.5) is 0 Å². The van der Waals surface area contributed by atoms with Crippen molar-refractivity contribution in [3.63, 3.8) is 0 Å². The Morgan fingerprint density at radius 2 is 1.54 bits per heavy atom. The van der Waals surface area contributed by atoms with Crippen molar-refractivity contribution >= 4 is 22.6 Å². The molecule has 6 bridgehead atoms. The van der Waals surface area contributed by atoms with Gasteiger partial charge < -0.3 is 5.11 Å². The molecule has 6 fully saturated rings. The molecule has 0 aromatic heterocycles. The maximum absolute atomic E-state index is 10.2. The van der Waals surface area contributed by atoms with E-state index in [2.05, 4.69) is 22.6 Å². The second-order valence-electron chi connectivity index (χ2n) is 5.96. The Hall–Kier alpha value is 0.690. The molecule has 0 aromatic carbocycles. The normalized spacial score (nSPS) is 85.4. The number of hydrogen-bond acceptors (Lipinski definition) is 1. The van der Waals surface area contributed by atoms with Gasteiger partial charge in [0.2, 0.25) is 0 Å². The van der Waals surface area contributed by atoms with Crippen LogP contribution in [0.2, 0.25) is 0 Å². The third kappa shape index (κ3) is 0.451. The summed E-state index contributed by atoms with van der Waals surface area (Å²) in [4.78, 5) is 0. The molecule has 1 N–H and O–H groups in total. The van der Waals surface area contributed by atoms with E-state index in [-0.39, 0.29) is 6.10 Å². The first kappa shape index (κ1) is 7.04. The molecule has 0 spiro atoms. The van der Waals surface area contributed by atoms with Crippen LogP contribution in [0.3, 0.4) is 0 Å². The monoisotopic (exact) mass is 288 g/mol. The Labute approximate surface area is 91.4 Å². The van der Waals surface area contributed by atoms with Crippen molar-refractivity contribution in [1.82, 2.24) is 0 Å². The highest BCUT2D eigenvalue weighted by atomic mass is 127. The van der Waals surface area contributed by atoms with Gasteiger partial charge >= 0.3 is 0 Å². The standard InChI is InChI=1S/C11H13IO/c12-10-6-2-1-3-4(6)9-8(10)5(2)7(3)11(9)13/h2-11,13H,1H2/t2-,3+,4-,5+,6-,7+,8-,9-,10+,11-/m1/s1. The van der Waals surface area contributed by atoms with Gasteiger partial charge in [-0.05, 0) is 53.8 Å². The van der Waals surface area contributed by atoms with Gasteiger partial charge in [-0.25, -0.2) is 0 Å². The van der Waals surface area contributed by atoms with Gasteiger partial charge in [0.1, 0.15) is 0 Å². The highest BCUT2D eigenvalue weighted by Gasteiger charge is 2.82. The van der Waals surface area contributed by atoms with Crippen molar-refractivity contribution in [2.45, 2.75) is 16.4 Å². The quantitative estimate of drug-likeness (QED) is 0.529. The van der Waals surface area contributed by atoms with Gasteiger partial charge in [-0.3, -0.25) is 0 Å². The number of halogens is 1. The summed E-state index contributed by atoms with van der Waals surface area (Å²) in [6.45, 7) is 0. The summed E-state index contributed by atoms with van der Waals surface area (Å²) in [6.07, 6.45) is 1.62. The van der Waals surface area contributed by atoms with Crippen LogP contribution in [0.15, 0.2) is 0 Å². The van der Waals surface area contributed by atoms with Crippen LogP contribution < -0.4 is 0 Å². The molecule has 0 heterocycles. The van der Waals surface area contributed by atoms with Crippen LogP contribution >= 0.6 is 22.6 Å². The Morgan fingerprint density at radius 3 is 2.31 bits per heavy atom. The molecule has 10 atom stereocenters. The van der Waals surface area contributed by atoms with Crippen molar-refractivity contribution in [3.8, 4) is 0 Å². The second kappa shape index (κ2) is 1.73. The largest absolute Gasteiger partial charge is 0.393 e.